The molecule has 1 atom stereocenters. The van der Waals surface area contributed by atoms with Crippen molar-refractivity contribution in [3.05, 3.63) is 0 Å². The number of nitrogens with one attached hydrogen (secondary N) is 2. The maximum absolute atomic E-state index is 11.8. The van der Waals surface area contributed by atoms with Crippen molar-refractivity contribution in [2.45, 2.75) is 45.3 Å². The quantitative estimate of drug-likeness (QED) is 0.135. The molecule has 0 saturated heterocycles. The van der Waals surface area contributed by atoms with Gasteiger partial charge in [-0.2, -0.15) is 0 Å². The monoisotopic (exact) mass is 507 g/mol. The molecule has 0 spiro atoms. The van der Waals surface area contributed by atoms with Gasteiger partial charge in [-0.25, -0.2) is 4.79 Å². The van der Waals surface area contributed by atoms with Crippen molar-refractivity contribution in [2.75, 3.05) is 73.1 Å². The average molecular weight is 508 g/mol. The summed E-state index contributed by atoms with van der Waals surface area (Å²) in [5.74, 6) is -1.51. The van der Waals surface area contributed by atoms with Crippen LogP contribution in [0.1, 0.15) is 33.6 Å². The molecule has 204 valence electrons. The van der Waals surface area contributed by atoms with Gasteiger partial charge in [-0.15, -0.1) is 0 Å². The topological polar surface area (TPSA) is 174 Å². The Kier molecular flexibility index (Phi) is 18.6. The molecule has 13 nitrogen and oxygen atoms in total. The SMILES string of the molecule is COC(=O)COCCOCCNC(=O)COCCOCCNC(=O)CC[C@H](N)C(=O)OC(C)(C)C. The second-order valence-corrected chi connectivity index (χ2v) is 8.28. The molecule has 0 radical (unpaired) electrons. The molecule has 0 aromatic rings. The minimum Gasteiger partial charge on any atom is -0.467 e. The van der Waals surface area contributed by atoms with Crippen LogP contribution in [0.15, 0.2) is 0 Å². The zero-order valence-corrected chi connectivity index (χ0v) is 21.2. The number of rotatable bonds is 20. The fraction of sp³-hybridized carbons (Fsp3) is 0.818. The molecule has 0 aliphatic heterocycles. The van der Waals surface area contributed by atoms with Crippen LogP contribution >= 0.6 is 0 Å². The van der Waals surface area contributed by atoms with Crippen molar-refractivity contribution >= 4 is 23.8 Å². The molecular formula is C22H41N3O10. The summed E-state index contributed by atoms with van der Waals surface area (Å²) >= 11 is 0. The Bertz CT molecular complexity index is 625. The van der Waals surface area contributed by atoms with Crippen LogP contribution in [0.2, 0.25) is 0 Å². The van der Waals surface area contributed by atoms with Gasteiger partial charge in [0.2, 0.25) is 11.8 Å². The highest BCUT2D eigenvalue weighted by molar-refractivity contribution is 5.79. The van der Waals surface area contributed by atoms with Crippen molar-refractivity contribution in [3.8, 4) is 0 Å². The predicted octanol–water partition coefficient (Wildman–Crippen LogP) is -1.09. The first kappa shape index (κ1) is 32.7. The zero-order valence-electron chi connectivity index (χ0n) is 21.2. The molecule has 0 saturated carbocycles. The van der Waals surface area contributed by atoms with E-state index in [1.807, 2.05) is 0 Å². The number of amides is 2. The molecule has 13 heteroatoms. The molecule has 0 rings (SSSR count). The first-order valence-corrected chi connectivity index (χ1v) is 11.4. The van der Waals surface area contributed by atoms with Crippen LogP contribution < -0.4 is 16.4 Å². The highest BCUT2D eigenvalue weighted by Gasteiger charge is 2.22. The Morgan fingerprint density at radius 2 is 1.29 bits per heavy atom. The van der Waals surface area contributed by atoms with Gasteiger partial charge in [-0.3, -0.25) is 14.4 Å². The van der Waals surface area contributed by atoms with E-state index >= 15 is 0 Å². The summed E-state index contributed by atoms with van der Waals surface area (Å²) in [5.41, 5.74) is 5.12. The number of carbonyl (C=O) groups is 4. The van der Waals surface area contributed by atoms with Crippen LogP contribution in [0, 0.1) is 0 Å². The fourth-order valence-electron chi connectivity index (χ4n) is 2.27. The van der Waals surface area contributed by atoms with Crippen molar-refractivity contribution in [3.63, 3.8) is 0 Å². The Morgan fingerprint density at radius 3 is 1.83 bits per heavy atom. The summed E-state index contributed by atoms with van der Waals surface area (Å²) in [7, 11) is 1.28. The lowest BCUT2D eigenvalue weighted by Crippen LogP contribution is -2.38. The Morgan fingerprint density at radius 1 is 0.771 bits per heavy atom. The molecule has 0 aliphatic carbocycles. The third kappa shape index (κ3) is 21.9. The van der Waals surface area contributed by atoms with Crippen molar-refractivity contribution in [1.82, 2.24) is 10.6 Å². The summed E-state index contributed by atoms with van der Waals surface area (Å²) < 4.78 is 30.4. The molecule has 0 aromatic heterocycles. The summed E-state index contributed by atoms with van der Waals surface area (Å²) in [6.45, 7) is 7.23. The minimum atomic E-state index is -0.850. The van der Waals surface area contributed by atoms with Gasteiger partial charge in [-0.05, 0) is 27.2 Å². The molecule has 0 bridgehead atoms. The maximum Gasteiger partial charge on any atom is 0.331 e. The molecule has 0 aromatic carbocycles. The molecule has 0 heterocycles. The molecular weight excluding hydrogens is 466 g/mol. The molecule has 2 amide bonds. The van der Waals surface area contributed by atoms with E-state index < -0.39 is 23.6 Å². The van der Waals surface area contributed by atoms with Crippen LogP contribution in [0.5, 0.6) is 0 Å². The number of hydrogen-bond acceptors (Lipinski definition) is 11. The van der Waals surface area contributed by atoms with Gasteiger partial charge < -0.3 is 44.8 Å². The van der Waals surface area contributed by atoms with Gasteiger partial charge in [0.25, 0.3) is 0 Å². The van der Waals surface area contributed by atoms with Crippen molar-refractivity contribution in [1.29, 1.82) is 0 Å². The fourth-order valence-corrected chi connectivity index (χ4v) is 2.27. The van der Waals surface area contributed by atoms with E-state index in [4.69, 9.17) is 29.4 Å². The van der Waals surface area contributed by atoms with E-state index in [-0.39, 0.29) is 64.3 Å². The van der Waals surface area contributed by atoms with Crippen LogP contribution in [-0.4, -0.2) is 108 Å². The van der Waals surface area contributed by atoms with Gasteiger partial charge >= 0.3 is 11.9 Å². The number of nitrogens with two attached hydrogens (primary N) is 1. The predicted molar refractivity (Wildman–Crippen MR) is 124 cm³/mol. The van der Waals surface area contributed by atoms with Crippen molar-refractivity contribution < 1.29 is 47.6 Å². The average Bonchev–Trinajstić information content (AvgIpc) is 2.79. The smallest absolute Gasteiger partial charge is 0.331 e. The van der Waals surface area contributed by atoms with Gasteiger partial charge in [0.15, 0.2) is 0 Å². The third-order valence-corrected chi connectivity index (χ3v) is 3.95. The zero-order chi connectivity index (χ0) is 26.5. The van der Waals surface area contributed by atoms with Gasteiger partial charge in [0.05, 0.1) is 46.8 Å². The number of ether oxygens (including phenoxy) is 6. The Balaban J connectivity index is 3.50. The van der Waals surface area contributed by atoms with Crippen LogP contribution in [0.3, 0.4) is 0 Å². The Hall–Kier alpha value is -2.32. The normalized spacial score (nSPS) is 12.0. The summed E-state index contributed by atoms with van der Waals surface area (Å²) in [6.07, 6.45) is 0.294. The van der Waals surface area contributed by atoms with Crippen LogP contribution in [-0.2, 0) is 47.6 Å². The van der Waals surface area contributed by atoms with Crippen molar-refractivity contribution in [2.24, 2.45) is 5.73 Å². The molecule has 0 unspecified atom stereocenters. The first-order valence-electron chi connectivity index (χ1n) is 11.4. The number of esters is 2. The lowest BCUT2D eigenvalue weighted by atomic mass is 10.1. The molecule has 0 fully saturated rings. The van der Waals surface area contributed by atoms with E-state index in [0.717, 1.165) is 0 Å². The maximum atomic E-state index is 11.8. The number of methoxy groups -OCH3 is 1. The summed E-state index contributed by atoms with van der Waals surface area (Å²) in [4.78, 5) is 46.0. The largest absolute Gasteiger partial charge is 0.467 e. The van der Waals surface area contributed by atoms with E-state index in [2.05, 4.69) is 15.4 Å². The van der Waals surface area contributed by atoms with E-state index in [1.54, 1.807) is 20.8 Å². The van der Waals surface area contributed by atoms with Gasteiger partial charge in [-0.1, -0.05) is 0 Å². The third-order valence-electron chi connectivity index (χ3n) is 3.95. The van der Waals surface area contributed by atoms with Gasteiger partial charge in [0.1, 0.15) is 24.9 Å². The second kappa shape index (κ2) is 19.9. The number of carbonyl (C=O) groups excluding carboxylic acids is 4. The summed E-state index contributed by atoms with van der Waals surface area (Å²) in [6, 6.07) is -0.850. The summed E-state index contributed by atoms with van der Waals surface area (Å²) in [5, 5.41) is 5.30. The number of hydrogen-bond donors (Lipinski definition) is 3. The highest BCUT2D eigenvalue weighted by Crippen LogP contribution is 2.09. The van der Waals surface area contributed by atoms with Crippen LogP contribution in [0.4, 0.5) is 0 Å². The van der Waals surface area contributed by atoms with E-state index in [9.17, 15) is 19.2 Å². The standard InChI is InChI=1S/C22H41N3O10/c1-22(2,3)35-21(29)17(23)5-6-18(26)24-7-9-31-11-13-33-15-19(27)25-8-10-32-12-14-34-16-20(28)30-4/h17H,5-16,23H2,1-4H3,(H,24,26)(H,25,27)/t17-/m0/s1. The molecule has 4 N–H and O–H groups in total. The highest BCUT2D eigenvalue weighted by atomic mass is 16.6. The van der Waals surface area contributed by atoms with Crippen LogP contribution in [0.25, 0.3) is 0 Å². The second-order valence-electron chi connectivity index (χ2n) is 8.28. The van der Waals surface area contributed by atoms with Gasteiger partial charge in [0, 0.05) is 19.5 Å². The van der Waals surface area contributed by atoms with E-state index in [1.165, 1.54) is 7.11 Å². The lowest BCUT2D eigenvalue weighted by Gasteiger charge is -2.22. The first-order chi connectivity index (χ1) is 16.5. The molecule has 35 heavy (non-hydrogen) atoms. The minimum absolute atomic E-state index is 0.104. The molecule has 0 aliphatic rings. The Labute approximate surface area is 206 Å². The lowest BCUT2D eigenvalue weighted by molar-refractivity contribution is -0.156. The van der Waals surface area contributed by atoms with E-state index in [0.29, 0.717) is 26.3 Å².